The van der Waals surface area contributed by atoms with Crippen LogP contribution in [-0.4, -0.2) is 42.1 Å². The summed E-state index contributed by atoms with van der Waals surface area (Å²) in [5.74, 6) is -1.42. The molecule has 5 nitrogen and oxygen atoms in total. The summed E-state index contributed by atoms with van der Waals surface area (Å²) >= 11 is 0. The Bertz CT molecular complexity index is 300. The molecule has 0 aromatic rings. The van der Waals surface area contributed by atoms with Gasteiger partial charge < -0.3 is 15.3 Å². The van der Waals surface area contributed by atoms with Crippen molar-refractivity contribution in [2.24, 2.45) is 11.3 Å². The van der Waals surface area contributed by atoms with E-state index in [4.69, 9.17) is 5.11 Å². The van der Waals surface area contributed by atoms with Crippen molar-refractivity contribution < 1.29 is 14.7 Å². The summed E-state index contributed by atoms with van der Waals surface area (Å²) in [6, 6.07) is -0.189. The number of nitrogens with zero attached hydrogens (tertiary/aromatic N) is 1. The number of rotatable bonds is 5. The van der Waals surface area contributed by atoms with E-state index in [9.17, 15) is 9.59 Å². The third kappa shape index (κ3) is 3.91. The average Bonchev–Trinajstić information content (AvgIpc) is 2.22. The van der Waals surface area contributed by atoms with Crippen LogP contribution in [0.3, 0.4) is 0 Å². The molecule has 1 rings (SSSR count). The zero-order valence-electron chi connectivity index (χ0n) is 10.8. The van der Waals surface area contributed by atoms with Crippen LogP contribution in [0.4, 0.5) is 4.79 Å². The predicted octanol–water partition coefficient (Wildman–Crippen LogP) is 1.54. The Hall–Kier alpha value is -1.26. The number of hydrogen-bond acceptors (Lipinski definition) is 2. The van der Waals surface area contributed by atoms with Gasteiger partial charge in [0, 0.05) is 20.1 Å². The number of carboxylic acid groups (broad SMARTS) is 1. The summed E-state index contributed by atoms with van der Waals surface area (Å²) in [4.78, 5) is 23.8. The first-order valence-corrected chi connectivity index (χ1v) is 6.06. The van der Waals surface area contributed by atoms with Crippen molar-refractivity contribution in [1.82, 2.24) is 10.2 Å². The second-order valence-corrected chi connectivity index (χ2v) is 5.44. The van der Waals surface area contributed by atoms with E-state index in [0.29, 0.717) is 6.54 Å². The molecule has 2 N–H and O–H groups in total. The van der Waals surface area contributed by atoms with Crippen molar-refractivity contribution in [2.45, 2.75) is 33.1 Å². The number of amides is 2. The van der Waals surface area contributed by atoms with Gasteiger partial charge in [-0.2, -0.15) is 0 Å². The van der Waals surface area contributed by atoms with Gasteiger partial charge in [0.25, 0.3) is 0 Å². The highest BCUT2D eigenvalue weighted by atomic mass is 16.4. The molecule has 0 aromatic carbocycles. The predicted molar refractivity (Wildman–Crippen MR) is 64.8 cm³/mol. The molecule has 0 heterocycles. The SMILES string of the molecule is CC(CN(C)C(=O)NCC1(C)CCC1)C(=O)O. The first-order chi connectivity index (χ1) is 7.84. The topological polar surface area (TPSA) is 69.6 Å². The van der Waals surface area contributed by atoms with Gasteiger partial charge in [0.2, 0.25) is 0 Å². The quantitative estimate of drug-likeness (QED) is 0.768. The summed E-state index contributed by atoms with van der Waals surface area (Å²) in [5.41, 5.74) is 0.245. The van der Waals surface area contributed by atoms with Gasteiger partial charge >= 0.3 is 12.0 Å². The zero-order chi connectivity index (χ0) is 13.1. The van der Waals surface area contributed by atoms with E-state index in [0.717, 1.165) is 12.8 Å². The van der Waals surface area contributed by atoms with E-state index in [1.54, 1.807) is 14.0 Å². The van der Waals surface area contributed by atoms with Crippen molar-refractivity contribution in [1.29, 1.82) is 0 Å². The molecular weight excluding hydrogens is 220 g/mol. The molecule has 1 atom stereocenters. The Labute approximate surface area is 102 Å². The van der Waals surface area contributed by atoms with Crippen LogP contribution in [0.5, 0.6) is 0 Å². The van der Waals surface area contributed by atoms with Gasteiger partial charge in [-0.25, -0.2) is 4.79 Å². The number of nitrogens with one attached hydrogen (secondary N) is 1. The highest BCUT2D eigenvalue weighted by Crippen LogP contribution is 2.39. The maximum atomic E-state index is 11.7. The Balaban J connectivity index is 2.29. The van der Waals surface area contributed by atoms with Crippen molar-refractivity contribution >= 4 is 12.0 Å². The largest absolute Gasteiger partial charge is 0.481 e. The molecule has 0 aromatic heterocycles. The summed E-state index contributed by atoms with van der Waals surface area (Å²) in [5, 5.41) is 11.6. The Morgan fingerprint density at radius 3 is 2.47 bits per heavy atom. The first-order valence-electron chi connectivity index (χ1n) is 6.06. The molecule has 1 aliphatic carbocycles. The minimum absolute atomic E-state index is 0.189. The molecule has 0 saturated heterocycles. The smallest absolute Gasteiger partial charge is 0.317 e. The third-order valence-electron chi connectivity index (χ3n) is 3.54. The minimum atomic E-state index is -0.879. The Morgan fingerprint density at radius 2 is 2.06 bits per heavy atom. The summed E-state index contributed by atoms with van der Waals surface area (Å²) in [7, 11) is 1.62. The lowest BCUT2D eigenvalue weighted by atomic mass is 9.70. The van der Waals surface area contributed by atoms with E-state index in [1.807, 2.05) is 0 Å². The molecule has 17 heavy (non-hydrogen) atoms. The lowest BCUT2D eigenvalue weighted by molar-refractivity contribution is -0.141. The molecule has 5 heteroatoms. The fourth-order valence-corrected chi connectivity index (χ4v) is 1.95. The van der Waals surface area contributed by atoms with Crippen LogP contribution in [-0.2, 0) is 4.79 Å². The molecule has 0 spiro atoms. The van der Waals surface area contributed by atoms with Crippen LogP contribution in [0.2, 0.25) is 0 Å². The normalized spacial score (nSPS) is 19.0. The van der Waals surface area contributed by atoms with E-state index >= 15 is 0 Å². The van der Waals surface area contributed by atoms with Crippen LogP contribution in [0.1, 0.15) is 33.1 Å². The molecule has 1 saturated carbocycles. The summed E-state index contributed by atoms with van der Waals surface area (Å²) < 4.78 is 0. The molecule has 2 amide bonds. The van der Waals surface area contributed by atoms with Gasteiger partial charge in [-0.15, -0.1) is 0 Å². The van der Waals surface area contributed by atoms with E-state index < -0.39 is 11.9 Å². The van der Waals surface area contributed by atoms with Gasteiger partial charge in [0.1, 0.15) is 0 Å². The van der Waals surface area contributed by atoms with Crippen LogP contribution < -0.4 is 5.32 Å². The van der Waals surface area contributed by atoms with Crippen molar-refractivity contribution in [3.63, 3.8) is 0 Å². The van der Waals surface area contributed by atoms with Crippen molar-refractivity contribution in [3.05, 3.63) is 0 Å². The zero-order valence-corrected chi connectivity index (χ0v) is 10.8. The molecule has 0 bridgehead atoms. The van der Waals surface area contributed by atoms with Gasteiger partial charge in [-0.3, -0.25) is 4.79 Å². The number of hydrogen-bond donors (Lipinski definition) is 2. The highest BCUT2D eigenvalue weighted by Gasteiger charge is 2.32. The van der Waals surface area contributed by atoms with Gasteiger partial charge in [0.05, 0.1) is 5.92 Å². The standard InChI is InChI=1S/C12H22N2O3/c1-9(10(15)16)7-14(3)11(17)13-8-12(2)5-4-6-12/h9H,4-8H2,1-3H3,(H,13,17)(H,15,16). The second-order valence-electron chi connectivity index (χ2n) is 5.44. The lowest BCUT2D eigenvalue weighted by Crippen LogP contribution is -2.46. The average molecular weight is 242 g/mol. The van der Waals surface area contributed by atoms with Crippen LogP contribution in [0.25, 0.3) is 0 Å². The molecule has 1 fully saturated rings. The fourth-order valence-electron chi connectivity index (χ4n) is 1.95. The monoisotopic (exact) mass is 242 g/mol. The third-order valence-corrected chi connectivity index (χ3v) is 3.54. The molecule has 98 valence electrons. The molecular formula is C12H22N2O3. The van der Waals surface area contributed by atoms with E-state index in [2.05, 4.69) is 12.2 Å². The maximum Gasteiger partial charge on any atom is 0.317 e. The number of aliphatic carboxylic acids is 1. The fraction of sp³-hybridized carbons (Fsp3) is 0.833. The number of urea groups is 1. The maximum absolute atomic E-state index is 11.7. The van der Waals surface area contributed by atoms with Crippen LogP contribution in [0.15, 0.2) is 0 Å². The number of carbonyl (C=O) groups is 2. The Kier molecular flexibility index (Phi) is 4.37. The molecule has 1 unspecified atom stereocenters. The van der Waals surface area contributed by atoms with E-state index in [-0.39, 0.29) is 18.0 Å². The van der Waals surface area contributed by atoms with Crippen LogP contribution >= 0.6 is 0 Å². The summed E-state index contributed by atoms with van der Waals surface area (Å²) in [6.45, 7) is 4.67. The van der Waals surface area contributed by atoms with Gasteiger partial charge in [-0.05, 0) is 18.3 Å². The molecule has 0 radical (unpaired) electrons. The molecule has 1 aliphatic rings. The van der Waals surface area contributed by atoms with Crippen molar-refractivity contribution in [3.8, 4) is 0 Å². The minimum Gasteiger partial charge on any atom is -0.481 e. The van der Waals surface area contributed by atoms with Crippen LogP contribution in [0, 0.1) is 11.3 Å². The van der Waals surface area contributed by atoms with Gasteiger partial charge in [-0.1, -0.05) is 20.3 Å². The van der Waals surface area contributed by atoms with E-state index in [1.165, 1.54) is 11.3 Å². The number of carbonyl (C=O) groups excluding carboxylic acids is 1. The highest BCUT2D eigenvalue weighted by molar-refractivity contribution is 5.75. The lowest BCUT2D eigenvalue weighted by Gasteiger charge is -2.38. The van der Waals surface area contributed by atoms with Gasteiger partial charge in [0.15, 0.2) is 0 Å². The number of carboxylic acids is 1. The molecule has 0 aliphatic heterocycles. The Morgan fingerprint density at radius 1 is 1.47 bits per heavy atom. The van der Waals surface area contributed by atoms with Crippen molar-refractivity contribution in [2.75, 3.05) is 20.1 Å². The summed E-state index contributed by atoms with van der Waals surface area (Å²) in [6.07, 6.45) is 3.54. The second kappa shape index (κ2) is 5.38. The first kappa shape index (κ1) is 13.8.